The van der Waals surface area contributed by atoms with E-state index in [4.69, 9.17) is 0 Å². The Bertz CT molecular complexity index is 579. The summed E-state index contributed by atoms with van der Waals surface area (Å²) in [5, 5.41) is 43.9. The van der Waals surface area contributed by atoms with Crippen molar-refractivity contribution in [2.45, 2.75) is 11.8 Å². The SMILES string of the molecule is COC1=CC=C(F)[C@H](C([N+](=O)[O-])([N+](=O)[O-])[N+](=O)[O-])[C@@H]1[N+](=O)[O-]. The summed E-state index contributed by atoms with van der Waals surface area (Å²) in [6, 6.07) is -2.50. The molecule has 0 aliphatic heterocycles. The fraction of sp³-hybridized carbons (Fsp3) is 0.500. The number of ether oxygens (including phenoxy) is 1. The third-order valence-electron chi connectivity index (χ3n) is 3.00. The average molecular weight is 322 g/mol. The van der Waals surface area contributed by atoms with Gasteiger partial charge in [-0.1, -0.05) is 0 Å². The van der Waals surface area contributed by atoms with Crippen LogP contribution in [-0.4, -0.2) is 38.6 Å². The van der Waals surface area contributed by atoms with Crippen LogP contribution in [-0.2, 0) is 4.74 Å². The Balaban J connectivity index is 3.71. The van der Waals surface area contributed by atoms with Crippen molar-refractivity contribution in [1.82, 2.24) is 0 Å². The minimum atomic E-state index is -4.36. The molecule has 0 unspecified atom stereocenters. The smallest absolute Gasteiger partial charge is 0.494 e. The molecule has 0 aromatic carbocycles. The number of rotatable bonds is 6. The molecule has 0 aromatic rings. The van der Waals surface area contributed by atoms with E-state index >= 15 is 0 Å². The third kappa shape index (κ3) is 2.19. The zero-order valence-corrected chi connectivity index (χ0v) is 10.7. The van der Waals surface area contributed by atoms with Crippen LogP contribution in [0.5, 0.6) is 0 Å². The van der Waals surface area contributed by atoms with Crippen molar-refractivity contribution in [3.63, 3.8) is 0 Å². The molecule has 0 saturated carbocycles. The van der Waals surface area contributed by atoms with Crippen LogP contribution in [0, 0.1) is 46.4 Å². The number of nitrogens with zero attached hydrogens (tertiary/aromatic N) is 4. The monoisotopic (exact) mass is 322 g/mol. The van der Waals surface area contributed by atoms with Crippen LogP contribution in [0.2, 0.25) is 0 Å². The molecular formula is C8H7FN4O9. The Morgan fingerprint density at radius 3 is 1.82 bits per heavy atom. The van der Waals surface area contributed by atoms with Gasteiger partial charge in [0.05, 0.1) is 7.11 Å². The molecule has 13 nitrogen and oxygen atoms in total. The molecule has 0 aromatic heterocycles. The molecule has 0 fully saturated rings. The van der Waals surface area contributed by atoms with Gasteiger partial charge in [0.25, 0.3) is 0 Å². The van der Waals surface area contributed by atoms with E-state index in [0.29, 0.717) is 12.2 Å². The normalized spacial score (nSPS) is 21.4. The van der Waals surface area contributed by atoms with Gasteiger partial charge in [-0.05, 0) is 12.2 Å². The molecule has 0 heterocycles. The molecule has 22 heavy (non-hydrogen) atoms. The zero-order valence-electron chi connectivity index (χ0n) is 10.7. The molecule has 0 bridgehead atoms. The number of halogens is 1. The quantitative estimate of drug-likeness (QED) is 0.372. The lowest BCUT2D eigenvalue weighted by Crippen LogP contribution is -2.63. The topological polar surface area (TPSA) is 182 Å². The van der Waals surface area contributed by atoms with E-state index in [0.717, 1.165) is 7.11 Å². The second-order valence-corrected chi connectivity index (χ2v) is 3.99. The lowest BCUT2D eigenvalue weighted by molar-refractivity contribution is -0.980. The van der Waals surface area contributed by atoms with Gasteiger partial charge in [-0.15, -0.1) is 0 Å². The van der Waals surface area contributed by atoms with E-state index in [-0.39, 0.29) is 0 Å². The summed E-state index contributed by atoms with van der Waals surface area (Å²) < 4.78 is 18.4. The maximum atomic E-state index is 13.9. The predicted octanol–water partition coefficient (Wildman–Crippen LogP) is 0.129. The van der Waals surface area contributed by atoms with Crippen LogP contribution in [0.25, 0.3) is 0 Å². The minimum absolute atomic E-state index is 0.411. The number of allylic oxidation sites excluding steroid dienone is 2. The first-order chi connectivity index (χ1) is 10.1. The van der Waals surface area contributed by atoms with Crippen LogP contribution in [0.1, 0.15) is 0 Å². The summed E-state index contributed by atoms with van der Waals surface area (Å²) in [6.45, 7) is 0. The van der Waals surface area contributed by atoms with Crippen molar-refractivity contribution in [2.75, 3.05) is 7.11 Å². The summed E-state index contributed by atoms with van der Waals surface area (Å²) in [5.41, 5.74) is 0. The molecule has 120 valence electrons. The molecule has 1 aliphatic rings. The van der Waals surface area contributed by atoms with Crippen LogP contribution in [0.15, 0.2) is 23.7 Å². The lowest BCUT2D eigenvalue weighted by atomic mass is 9.86. The van der Waals surface area contributed by atoms with Crippen molar-refractivity contribution >= 4 is 0 Å². The van der Waals surface area contributed by atoms with Crippen LogP contribution < -0.4 is 0 Å². The molecule has 0 radical (unpaired) electrons. The van der Waals surface area contributed by atoms with Crippen LogP contribution >= 0.6 is 0 Å². The van der Waals surface area contributed by atoms with Crippen molar-refractivity contribution < 1.29 is 28.8 Å². The second-order valence-electron chi connectivity index (χ2n) is 3.99. The summed E-state index contributed by atoms with van der Waals surface area (Å²) in [6.07, 6.45) is 1.12. The maximum absolute atomic E-state index is 13.9. The summed E-state index contributed by atoms with van der Waals surface area (Å²) >= 11 is 0. The van der Waals surface area contributed by atoms with Crippen molar-refractivity contribution in [1.29, 1.82) is 0 Å². The van der Waals surface area contributed by atoms with E-state index in [1.165, 1.54) is 0 Å². The molecule has 0 spiro atoms. The van der Waals surface area contributed by atoms with Crippen molar-refractivity contribution in [3.8, 4) is 0 Å². The Kier molecular flexibility index (Phi) is 4.34. The van der Waals surface area contributed by atoms with E-state index in [1.807, 2.05) is 0 Å². The van der Waals surface area contributed by atoms with Gasteiger partial charge in [-0.3, -0.25) is 40.5 Å². The van der Waals surface area contributed by atoms with Gasteiger partial charge in [0.2, 0.25) is 0 Å². The third-order valence-corrected chi connectivity index (χ3v) is 3.00. The van der Waals surface area contributed by atoms with Gasteiger partial charge in [0.1, 0.15) is 5.83 Å². The van der Waals surface area contributed by atoms with Gasteiger partial charge in [0.15, 0.2) is 20.5 Å². The highest BCUT2D eigenvalue weighted by Crippen LogP contribution is 2.39. The summed E-state index contributed by atoms with van der Waals surface area (Å²) in [7, 11) is 0.891. The molecule has 14 heteroatoms. The number of nitro groups is 4. The summed E-state index contributed by atoms with van der Waals surface area (Å²) in [5.74, 6) is -9.71. The first-order valence-electron chi connectivity index (χ1n) is 5.30. The molecule has 0 amide bonds. The molecule has 2 atom stereocenters. The Morgan fingerprint density at radius 2 is 1.50 bits per heavy atom. The highest BCUT2D eigenvalue weighted by molar-refractivity contribution is 5.25. The number of methoxy groups -OCH3 is 1. The van der Waals surface area contributed by atoms with Gasteiger partial charge in [-0.2, -0.15) is 0 Å². The second kappa shape index (κ2) is 5.66. The van der Waals surface area contributed by atoms with E-state index in [9.17, 15) is 44.8 Å². The molecule has 0 N–H and O–H groups in total. The maximum Gasteiger partial charge on any atom is 0.716 e. The predicted molar refractivity (Wildman–Crippen MR) is 62.3 cm³/mol. The fourth-order valence-corrected chi connectivity index (χ4v) is 2.03. The first kappa shape index (κ1) is 16.9. The largest absolute Gasteiger partial charge is 0.716 e. The molecular weight excluding hydrogens is 315 g/mol. The molecule has 1 rings (SSSR count). The van der Waals surface area contributed by atoms with Gasteiger partial charge >= 0.3 is 17.7 Å². The Hall–Kier alpha value is -3.19. The number of hydrogen-bond acceptors (Lipinski definition) is 9. The Labute approximate surface area is 119 Å². The zero-order chi connectivity index (χ0) is 17.2. The van der Waals surface area contributed by atoms with E-state index < -0.39 is 49.0 Å². The highest BCUT2D eigenvalue weighted by Gasteiger charge is 2.83. The van der Waals surface area contributed by atoms with Crippen molar-refractivity contribution in [2.24, 2.45) is 5.92 Å². The van der Waals surface area contributed by atoms with Gasteiger partial charge in [0, 0.05) is 4.92 Å². The minimum Gasteiger partial charge on any atom is -0.494 e. The van der Waals surface area contributed by atoms with Crippen LogP contribution in [0.4, 0.5) is 4.39 Å². The lowest BCUT2D eigenvalue weighted by Gasteiger charge is -2.23. The standard InChI is InChI=1S/C8H7FN4O9/c1-22-5-3-2-4(9)6(7(5)10(14)15)8(11(16)17,12(18)19)13(20)21/h2-3,6-7H,1H3/t6-,7+/m0/s1. The van der Waals surface area contributed by atoms with E-state index in [1.54, 1.807) is 0 Å². The fourth-order valence-electron chi connectivity index (χ4n) is 2.03. The Morgan fingerprint density at radius 1 is 1.05 bits per heavy atom. The molecule has 0 saturated heterocycles. The van der Waals surface area contributed by atoms with Crippen LogP contribution in [0.3, 0.4) is 0 Å². The van der Waals surface area contributed by atoms with E-state index in [2.05, 4.69) is 4.74 Å². The molecule has 1 aliphatic carbocycles. The van der Waals surface area contributed by atoms with Gasteiger partial charge in [-0.25, -0.2) is 4.39 Å². The number of hydrogen-bond donors (Lipinski definition) is 0. The summed E-state index contributed by atoms with van der Waals surface area (Å²) in [4.78, 5) is 36.7. The average Bonchev–Trinajstić information content (AvgIpc) is 2.39. The highest BCUT2D eigenvalue weighted by atomic mass is 19.1. The van der Waals surface area contributed by atoms with Gasteiger partial charge < -0.3 is 4.74 Å². The van der Waals surface area contributed by atoms with Crippen molar-refractivity contribution in [3.05, 3.63) is 64.2 Å². The first-order valence-corrected chi connectivity index (χ1v) is 5.30.